The van der Waals surface area contributed by atoms with Gasteiger partial charge in [0.15, 0.2) is 5.78 Å². The summed E-state index contributed by atoms with van der Waals surface area (Å²) in [5.74, 6) is -0.243. The van der Waals surface area contributed by atoms with Crippen LogP contribution in [0.5, 0.6) is 0 Å². The lowest BCUT2D eigenvalue weighted by molar-refractivity contribution is -0.127. The summed E-state index contributed by atoms with van der Waals surface area (Å²) < 4.78 is 0. The Labute approximate surface area is 123 Å². The Balaban J connectivity index is 1.96. The first kappa shape index (κ1) is 15.2. The van der Waals surface area contributed by atoms with E-state index in [0.29, 0.717) is 24.3 Å². The quantitative estimate of drug-likeness (QED) is 0.798. The van der Waals surface area contributed by atoms with Crippen molar-refractivity contribution in [3.8, 4) is 0 Å². The third kappa shape index (κ3) is 3.88. The highest BCUT2D eigenvalue weighted by Crippen LogP contribution is 2.12. The lowest BCUT2D eigenvalue weighted by Crippen LogP contribution is -2.53. The predicted octanol–water partition coefficient (Wildman–Crippen LogP) is 0.648. The summed E-state index contributed by atoms with van der Waals surface area (Å²) in [5.41, 5.74) is 1.24. The van der Waals surface area contributed by atoms with Gasteiger partial charge in [-0.1, -0.05) is 0 Å². The van der Waals surface area contributed by atoms with Gasteiger partial charge >= 0.3 is 0 Å². The molecule has 6 heteroatoms. The van der Waals surface area contributed by atoms with Crippen LogP contribution >= 0.6 is 0 Å². The number of hydrogen-bond acceptors (Lipinski definition) is 4. The van der Waals surface area contributed by atoms with Crippen LogP contribution in [0.4, 0.5) is 5.69 Å². The molecule has 0 bridgehead atoms. The van der Waals surface area contributed by atoms with E-state index in [4.69, 9.17) is 0 Å². The van der Waals surface area contributed by atoms with Crippen molar-refractivity contribution in [3.63, 3.8) is 0 Å². The molecular weight excluding hydrogens is 270 g/mol. The second kappa shape index (κ2) is 6.49. The van der Waals surface area contributed by atoms with E-state index in [-0.39, 0.29) is 30.2 Å². The van der Waals surface area contributed by atoms with Crippen LogP contribution in [0.15, 0.2) is 24.3 Å². The first-order chi connectivity index (χ1) is 9.97. The first-order valence-corrected chi connectivity index (χ1v) is 6.90. The zero-order valence-corrected chi connectivity index (χ0v) is 12.2. The standard InChI is InChI=1S/C15H19N3O3/c1-10(18-8-7-16-14(20)9-18)15(21)17-13-5-3-12(4-6-13)11(2)19/h3-6,10H,7-9H2,1-2H3,(H,16,20)(H,17,21)/t10-/m1/s1. The Morgan fingerprint density at radius 3 is 2.52 bits per heavy atom. The van der Waals surface area contributed by atoms with Gasteiger partial charge in [0.05, 0.1) is 12.6 Å². The van der Waals surface area contributed by atoms with Crippen molar-refractivity contribution in [1.29, 1.82) is 0 Å². The molecule has 0 radical (unpaired) electrons. The molecule has 1 aromatic carbocycles. The zero-order chi connectivity index (χ0) is 15.4. The van der Waals surface area contributed by atoms with Gasteiger partial charge in [0.25, 0.3) is 0 Å². The lowest BCUT2D eigenvalue weighted by atomic mass is 10.1. The summed E-state index contributed by atoms with van der Waals surface area (Å²) in [6, 6.07) is 6.37. The van der Waals surface area contributed by atoms with E-state index >= 15 is 0 Å². The fourth-order valence-electron chi connectivity index (χ4n) is 2.19. The van der Waals surface area contributed by atoms with E-state index in [1.54, 1.807) is 31.2 Å². The minimum absolute atomic E-state index is 0.0134. The number of piperazine rings is 1. The van der Waals surface area contributed by atoms with Gasteiger partial charge in [-0.25, -0.2) is 0 Å². The summed E-state index contributed by atoms with van der Waals surface area (Å²) >= 11 is 0. The van der Waals surface area contributed by atoms with Crippen LogP contribution in [0, 0.1) is 0 Å². The second-order valence-corrected chi connectivity index (χ2v) is 5.12. The number of amides is 2. The van der Waals surface area contributed by atoms with Crippen LogP contribution in [-0.2, 0) is 9.59 Å². The Kier molecular flexibility index (Phi) is 4.70. The number of ketones is 1. The predicted molar refractivity (Wildman–Crippen MR) is 79.1 cm³/mol. The van der Waals surface area contributed by atoms with Crippen LogP contribution in [0.3, 0.4) is 0 Å². The van der Waals surface area contributed by atoms with Crippen molar-refractivity contribution >= 4 is 23.3 Å². The molecular formula is C15H19N3O3. The molecule has 2 amide bonds. The van der Waals surface area contributed by atoms with E-state index in [0.717, 1.165) is 0 Å². The molecule has 1 aliphatic heterocycles. The Bertz CT molecular complexity index is 554. The first-order valence-electron chi connectivity index (χ1n) is 6.90. The van der Waals surface area contributed by atoms with Crippen molar-refractivity contribution in [2.45, 2.75) is 19.9 Å². The average molecular weight is 289 g/mol. The molecule has 0 unspecified atom stereocenters. The van der Waals surface area contributed by atoms with Crippen LogP contribution in [0.25, 0.3) is 0 Å². The van der Waals surface area contributed by atoms with Crippen molar-refractivity contribution in [2.24, 2.45) is 0 Å². The summed E-state index contributed by atoms with van der Waals surface area (Å²) in [5, 5.41) is 5.52. The van der Waals surface area contributed by atoms with Gasteiger partial charge in [-0.15, -0.1) is 0 Å². The molecule has 1 saturated heterocycles. The van der Waals surface area contributed by atoms with E-state index in [9.17, 15) is 14.4 Å². The number of Topliss-reactive ketones (excluding diaryl/α,β-unsaturated/α-hetero) is 1. The minimum atomic E-state index is -0.386. The number of carbonyl (C=O) groups is 3. The van der Waals surface area contributed by atoms with Crippen LogP contribution in [-0.4, -0.2) is 48.2 Å². The summed E-state index contributed by atoms with van der Waals surface area (Å²) in [6.07, 6.45) is 0. The van der Waals surface area contributed by atoms with Crippen LogP contribution in [0.1, 0.15) is 24.2 Å². The van der Waals surface area contributed by atoms with Crippen molar-refractivity contribution in [2.75, 3.05) is 25.0 Å². The Hall–Kier alpha value is -2.21. The molecule has 1 heterocycles. The van der Waals surface area contributed by atoms with Crippen LogP contribution < -0.4 is 10.6 Å². The average Bonchev–Trinajstić information content (AvgIpc) is 2.47. The smallest absolute Gasteiger partial charge is 0.241 e. The van der Waals surface area contributed by atoms with E-state index < -0.39 is 0 Å². The normalized spacial score (nSPS) is 17.0. The second-order valence-electron chi connectivity index (χ2n) is 5.12. The topological polar surface area (TPSA) is 78.5 Å². The van der Waals surface area contributed by atoms with E-state index in [1.165, 1.54) is 6.92 Å². The van der Waals surface area contributed by atoms with Crippen molar-refractivity contribution in [1.82, 2.24) is 10.2 Å². The molecule has 21 heavy (non-hydrogen) atoms. The summed E-state index contributed by atoms with van der Waals surface area (Å²) in [7, 11) is 0. The molecule has 112 valence electrons. The molecule has 1 aliphatic rings. The largest absolute Gasteiger partial charge is 0.354 e. The third-order valence-electron chi connectivity index (χ3n) is 3.55. The maximum absolute atomic E-state index is 12.2. The van der Waals surface area contributed by atoms with Gasteiger partial charge in [0.1, 0.15) is 0 Å². The summed E-state index contributed by atoms with van der Waals surface area (Å²) in [4.78, 5) is 36.6. The number of carbonyl (C=O) groups excluding carboxylic acids is 3. The maximum atomic E-state index is 12.2. The number of nitrogens with one attached hydrogen (secondary N) is 2. The molecule has 1 aromatic rings. The van der Waals surface area contributed by atoms with Gasteiger partial charge in [0, 0.05) is 24.3 Å². The Morgan fingerprint density at radius 2 is 1.95 bits per heavy atom. The van der Waals surface area contributed by atoms with Crippen molar-refractivity contribution < 1.29 is 14.4 Å². The number of anilines is 1. The van der Waals surface area contributed by atoms with Crippen molar-refractivity contribution in [3.05, 3.63) is 29.8 Å². The molecule has 0 aliphatic carbocycles. The number of nitrogens with zero attached hydrogens (tertiary/aromatic N) is 1. The van der Waals surface area contributed by atoms with Gasteiger partial charge in [-0.2, -0.15) is 0 Å². The van der Waals surface area contributed by atoms with E-state index in [1.807, 2.05) is 4.90 Å². The molecule has 0 aromatic heterocycles. The Morgan fingerprint density at radius 1 is 1.29 bits per heavy atom. The van der Waals surface area contributed by atoms with E-state index in [2.05, 4.69) is 10.6 Å². The van der Waals surface area contributed by atoms with Gasteiger partial charge in [-0.3, -0.25) is 19.3 Å². The van der Waals surface area contributed by atoms with Gasteiger partial charge in [-0.05, 0) is 38.1 Å². The molecule has 1 fully saturated rings. The fourth-order valence-corrected chi connectivity index (χ4v) is 2.19. The molecule has 6 nitrogen and oxygen atoms in total. The zero-order valence-electron chi connectivity index (χ0n) is 12.2. The molecule has 2 rings (SSSR count). The maximum Gasteiger partial charge on any atom is 0.241 e. The number of rotatable bonds is 4. The highest BCUT2D eigenvalue weighted by Gasteiger charge is 2.25. The molecule has 1 atom stereocenters. The molecule has 2 N–H and O–H groups in total. The highest BCUT2D eigenvalue weighted by atomic mass is 16.2. The van der Waals surface area contributed by atoms with Crippen LogP contribution in [0.2, 0.25) is 0 Å². The number of benzene rings is 1. The molecule has 0 saturated carbocycles. The summed E-state index contributed by atoms with van der Waals surface area (Å²) in [6.45, 7) is 4.72. The SMILES string of the molecule is CC(=O)c1ccc(NC(=O)[C@@H](C)N2CCNC(=O)C2)cc1. The van der Waals surface area contributed by atoms with Gasteiger partial charge in [0.2, 0.25) is 11.8 Å². The monoisotopic (exact) mass is 289 g/mol. The minimum Gasteiger partial charge on any atom is -0.354 e. The number of hydrogen-bond donors (Lipinski definition) is 2. The third-order valence-corrected chi connectivity index (χ3v) is 3.55. The fraction of sp³-hybridized carbons (Fsp3) is 0.400. The molecule has 0 spiro atoms. The van der Waals surface area contributed by atoms with Gasteiger partial charge < -0.3 is 10.6 Å². The lowest BCUT2D eigenvalue weighted by Gasteiger charge is -2.31. The highest BCUT2D eigenvalue weighted by molar-refractivity contribution is 5.97.